The molecule has 0 aliphatic carbocycles. The van der Waals surface area contributed by atoms with Gasteiger partial charge in [-0.15, -0.1) is 0 Å². The zero-order valence-corrected chi connectivity index (χ0v) is 13.9. The quantitative estimate of drug-likeness (QED) is 0.388. The Morgan fingerprint density at radius 2 is 2.29 bits per heavy atom. The summed E-state index contributed by atoms with van der Waals surface area (Å²) in [5.74, 6) is -1.80. The number of amides is 2. The van der Waals surface area contributed by atoms with Crippen molar-refractivity contribution in [1.29, 1.82) is 0 Å². The second-order valence-corrected chi connectivity index (χ2v) is 6.02. The van der Waals surface area contributed by atoms with E-state index in [-0.39, 0.29) is 18.1 Å². The van der Waals surface area contributed by atoms with E-state index < -0.39 is 30.0 Å². The van der Waals surface area contributed by atoms with E-state index in [1.54, 1.807) is 0 Å². The first-order valence-corrected chi connectivity index (χ1v) is 8.24. The molecule has 1 aromatic heterocycles. The number of nitrogens with one attached hydrogen (secondary N) is 2. The van der Waals surface area contributed by atoms with E-state index in [1.165, 1.54) is 17.4 Å². The molecule has 132 valence electrons. The summed E-state index contributed by atoms with van der Waals surface area (Å²) in [6.45, 7) is 0.427. The smallest absolute Gasteiger partial charge is 0.326 e. The fourth-order valence-electron chi connectivity index (χ4n) is 2.68. The lowest BCUT2D eigenvalue weighted by Gasteiger charge is -2.27. The van der Waals surface area contributed by atoms with Gasteiger partial charge in [-0.1, -0.05) is 0 Å². The van der Waals surface area contributed by atoms with Crippen LogP contribution >= 0.6 is 12.6 Å². The van der Waals surface area contributed by atoms with Gasteiger partial charge in [0.25, 0.3) is 0 Å². The zero-order chi connectivity index (χ0) is 17.7. The Morgan fingerprint density at radius 1 is 1.54 bits per heavy atom. The van der Waals surface area contributed by atoms with E-state index in [9.17, 15) is 19.5 Å². The van der Waals surface area contributed by atoms with Crippen molar-refractivity contribution < 1.29 is 19.5 Å². The van der Waals surface area contributed by atoms with Crippen molar-refractivity contribution in [2.45, 2.75) is 37.4 Å². The highest BCUT2D eigenvalue weighted by molar-refractivity contribution is 7.80. The molecule has 1 aliphatic heterocycles. The van der Waals surface area contributed by atoms with E-state index in [0.29, 0.717) is 25.1 Å². The standard InChI is InChI=1S/C14H21N5O4S/c15-9(6-24)13(21)19-3-1-2-11(19)12(20)18-10(14(22)23)4-8-5-16-7-17-8/h5,7,9-11,24H,1-4,6,15H2,(H,16,17)(H,18,20)(H,22,23)/t9-,10-,11-/m0/s1. The molecule has 24 heavy (non-hydrogen) atoms. The lowest BCUT2D eigenvalue weighted by molar-refractivity contribution is -0.144. The minimum absolute atomic E-state index is 0.0812. The number of rotatable bonds is 7. The first kappa shape index (κ1) is 18.3. The van der Waals surface area contributed by atoms with Gasteiger partial charge in [0.15, 0.2) is 0 Å². The van der Waals surface area contributed by atoms with Crippen molar-refractivity contribution in [3.8, 4) is 0 Å². The van der Waals surface area contributed by atoms with Crippen molar-refractivity contribution >= 4 is 30.4 Å². The van der Waals surface area contributed by atoms with Crippen LogP contribution in [0.2, 0.25) is 0 Å². The number of carboxylic acids is 1. The van der Waals surface area contributed by atoms with Gasteiger partial charge in [-0.3, -0.25) is 9.59 Å². The number of imidazole rings is 1. The van der Waals surface area contributed by atoms with Gasteiger partial charge in [-0.2, -0.15) is 12.6 Å². The highest BCUT2D eigenvalue weighted by atomic mass is 32.1. The molecule has 0 unspecified atom stereocenters. The van der Waals surface area contributed by atoms with Gasteiger partial charge in [0.2, 0.25) is 11.8 Å². The first-order chi connectivity index (χ1) is 11.4. The van der Waals surface area contributed by atoms with Crippen LogP contribution in [0.5, 0.6) is 0 Å². The van der Waals surface area contributed by atoms with Gasteiger partial charge in [-0.25, -0.2) is 9.78 Å². The Morgan fingerprint density at radius 3 is 2.88 bits per heavy atom. The molecule has 1 fully saturated rings. The van der Waals surface area contributed by atoms with Crippen LogP contribution in [0.4, 0.5) is 0 Å². The summed E-state index contributed by atoms with van der Waals surface area (Å²) in [5.41, 5.74) is 6.29. The highest BCUT2D eigenvalue weighted by Gasteiger charge is 2.37. The Kier molecular flexibility index (Phi) is 6.21. The number of aromatic nitrogens is 2. The number of H-pyrrole nitrogens is 1. The van der Waals surface area contributed by atoms with Crippen molar-refractivity contribution in [3.05, 3.63) is 18.2 Å². The van der Waals surface area contributed by atoms with Gasteiger partial charge in [0, 0.05) is 30.6 Å². The third kappa shape index (κ3) is 4.26. The number of carbonyl (C=O) groups excluding carboxylic acids is 2. The van der Waals surface area contributed by atoms with E-state index in [4.69, 9.17) is 5.73 Å². The molecule has 2 amide bonds. The summed E-state index contributed by atoms with van der Waals surface area (Å²) >= 11 is 4.00. The summed E-state index contributed by atoms with van der Waals surface area (Å²) < 4.78 is 0. The van der Waals surface area contributed by atoms with Gasteiger partial charge < -0.3 is 26.0 Å². The summed E-state index contributed by atoms with van der Waals surface area (Å²) in [6.07, 6.45) is 4.16. The molecule has 2 heterocycles. The highest BCUT2D eigenvalue weighted by Crippen LogP contribution is 2.19. The zero-order valence-electron chi connectivity index (χ0n) is 13.0. The SMILES string of the molecule is N[C@@H](CS)C(=O)N1CCC[C@H]1C(=O)N[C@@H](Cc1cnc[nH]1)C(=O)O. The number of hydrogen-bond donors (Lipinski definition) is 5. The van der Waals surface area contributed by atoms with Gasteiger partial charge in [0.05, 0.1) is 12.4 Å². The fraction of sp³-hybridized carbons (Fsp3) is 0.571. The average molecular weight is 355 g/mol. The maximum absolute atomic E-state index is 12.5. The van der Waals surface area contributed by atoms with Crippen molar-refractivity contribution in [3.63, 3.8) is 0 Å². The van der Waals surface area contributed by atoms with Crippen LogP contribution in [0.15, 0.2) is 12.5 Å². The summed E-state index contributed by atoms with van der Waals surface area (Å²) in [5, 5.41) is 11.8. The largest absolute Gasteiger partial charge is 0.480 e. The number of hydrogen-bond acceptors (Lipinski definition) is 6. The monoisotopic (exact) mass is 355 g/mol. The van der Waals surface area contributed by atoms with Crippen LogP contribution in [-0.4, -0.2) is 68.2 Å². The molecule has 0 aromatic carbocycles. The van der Waals surface area contributed by atoms with Crippen molar-refractivity contribution in [1.82, 2.24) is 20.2 Å². The van der Waals surface area contributed by atoms with E-state index in [0.717, 1.165) is 0 Å². The summed E-state index contributed by atoms with van der Waals surface area (Å²) in [4.78, 5) is 44.1. The maximum atomic E-state index is 12.5. The van der Waals surface area contributed by atoms with E-state index in [2.05, 4.69) is 27.9 Å². The number of likely N-dealkylation sites (tertiary alicyclic amines) is 1. The second-order valence-electron chi connectivity index (χ2n) is 5.66. The number of nitrogens with two attached hydrogens (primary N) is 1. The molecule has 0 saturated carbocycles. The molecule has 1 saturated heterocycles. The van der Waals surface area contributed by atoms with Gasteiger partial charge in [-0.05, 0) is 12.8 Å². The van der Waals surface area contributed by atoms with Crippen LogP contribution in [0.3, 0.4) is 0 Å². The first-order valence-electron chi connectivity index (χ1n) is 7.61. The van der Waals surface area contributed by atoms with Crippen LogP contribution in [-0.2, 0) is 20.8 Å². The number of aromatic amines is 1. The average Bonchev–Trinajstić information content (AvgIpc) is 3.23. The lowest BCUT2D eigenvalue weighted by atomic mass is 10.1. The summed E-state index contributed by atoms with van der Waals surface area (Å²) in [7, 11) is 0. The van der Waals surface area contributed by atoms with E-state index >= 15 is 0 Å². The number of aliphatic carboxylic acids is 1. The Labute approximate surface area is 144 Å². The Balaban J connectivity index is 2.03. The van der Waals surface area contributed by atoms with Crippen molar-refractivity contribution in [2.24, 2.45) is 5.73 Å². The lowest BCUT2D eigenvalue weighted by Crippen LogP contribution is -2.54. The molecule has 3 atom stereocenters. The third-order valence-electron chi connectivity index (χ3n) is 3.95. The third-order valence-corrected chi connectivity index (χ3v) is 4.34. The molecule has 2 rings (SSSR count). The predicted molar refractivity (Wildman–Crippen MR) is 88.4 cm³/mol. The predicted octanol–water partition coefficient (Wildman–Crippen LogP) is -1.23. The molecule has 1 aliphatic rings. The minimum Gasteiger partial charge on any atom is -0.480 e. The number of thiol groups is 1. The van der Waals surface area contributed by atoms with Gasteiger partial charge >= 0.3 is 5.97 Å². The molecule has 10 heteroatoms. The number of carbonyl (C=O) groups is 3. The van der Waals surface area contributed by atoms with Crippen LogP contribution in [0.25, 0.3) is 0 Å². The normalized spacial score (nSPS) is 19.8. The topological polar surface area (TPSA) is 141 Å². The maximum Gasteiger partial charge on any atom is 0.326 e. The molecule has 5 N–H and O–H groups in total. The fourth-order valence-corrected chi connectivity index (χ4v) is 2.83. The summed E-state index contributed by atoms with van der Waals surface area (Å²) in [6, 6.07) is -2.58. The van der Waals surface area contributed by atoms with Gasteiger partial charge in [0.1, 0.15) is 12.1 Å². The number of nitrogens with zero attached hydrogens (tertiary/aromatic N) is 2. The van der Waals surface area contributed by atoms with E-state index in [1.807, 2.05) is 0 Å². The molecule has 0 bridgehead atoms. The molecule has 0 spiro atoms. The van der Waals surface area contributed by atoms with Crippen LogP contribution in [0.1, 0.15) is 18.5 Å². The molecule has 1 aromatic rings. The second kappa shape index (κ2) is 8.15. The Hall–Kier alpha value is -2.07. The Bertz CT molecular complexity index is 594. The van der Waals surface area contributed by atoms with Crippen molar-refractivity contribution in [2.75, 3.05) is 12.3 Å². The minimum atomic E-state index is -1.15. The molecular formula is C14H21N5O4S. The van der Waals surface area contributed by atoms with Crippen LogP contribution < -0.4 is 11.1 Å². The number of carboxylic acid groups (broad SMARTS) is 1. The van der Waals surface area contributed by atoms with Crippen LogP contribution in [0, 0.1) is 0 Å². The molecular weight excluding hydrogens is 334 g/mol. The molecule has 9 nitrogen and oxygen atoms in total. The molecule has 0 radical (unpaired) electrons.